The smallest absolute Gasteiger partial charge is 0.273 e. The second-order valence-electron chi connectivity index (χ2n) is 6.70. The third-order valence-electron chi connectivity index (χ3n) is 4.58. The first-order valence-corrected chi connectivity index (χ1v) is 8.65. The number of rotatable bonds is 5. The Morgan fingerprint density at radius 2 is 2.04 bits per heavy atom. The van der Waals surface area contributed by atoms with Gasteiger partial charge in [-0.15, -0.1) is 10.2 Å². The molecule has 3 aromatic rings. The van der Waals surface area contributed by atoms with Crippen molar-refractivity contribution in [2.75, 3.05) is 0 Å². The van der Waals surface area contributed by atoms with Crippen molar-refractivity contribution in [3.63, 3.8) is 0 Å². The molecule has 1 saturated carbocycles. The predicted molar refractivity (Wildman–Crippen MR) is 90.0 cm³/mol. The van der Waals surface area contributed by atoms with E-state index in [-0.39, 0.29) is 34.9 Å². The second kappa shape index (κ2) is 7.12. The van der Waals surface area contributed by atoms with Gasteiger partial charge >= 0.3 is 0 Å². The molecule has 1 fully saturated rings. The van der Waals surface area contributed by atoms with Gasteiger partial charge in [-0.25, -0.2) is 8.78 Å². The molecular weight excluding hydrogens is 374 g/mol. The second-order valence-corrected chi connectivity index (χ2v) is 6.70. The Hall–Kier alpha value is -3.14. The number of carbonyl (C=O) groups excluding carboxylic acids is 1. The highest BCUT2D eigenvalue weighted by molar-refractivity contribution is 5.93. The largest absolute Gasteiger partial charge is 0.422 e. The summed E-state index contributed by atoms with van der Waals surface area (Å²) in [5.74, 6) is -1.65. The molecule has 1 aliphatic rings. The van der Waals surface area contributed by atoms with Crippen LogP contribution in [0.2, 0.25) is 0 Å². The summed E-state index contributed by atoms with van der Waals surface area (Å²) >= 11 is 0. The van der Waals surface area contributed by atoms with Crippen LogP contribution in [0.25, 0.3) is 11.3 Å². The maximum atomic E-state index is 13.3. The molecule has 0 spiro atoms. The molecule has 8 nitrogen and oxygen atoms in total. The van der Waals surface area contributed by atoms with E-state index in [1.807, 2.05) is 0 Å². The SMILES string of the molecule is C[C@@H](O)c1nnc([C@H]2C[C@@H](NC(=O)c3cc(-c4ccc(F)c(F)c4)on3)C2)o1. The predicted octanol–water partition coefficient (Wildman–Crippen LogP) is 2.73. The van der Waals surface area contributed by atoms with Crippen molar-refractivity contribution in [3.05, 3.63) is 53.4 Å². The number of hydrogen-bond acceptors (Lipinski definition) is 7. The van der Waals surface area contributed by atoms with Gasteiger partial charge in [0.2, 0.25) is 11.8 Å². The fourth-order valence-corrected chi connectivity index (χ4v) is 2.94. The van der Waals surface area contributed by atoms with Crippen molar-refractivity contribution in [2.24, 2.45) is 0 Å². The number of carbonyl (C=O) groups is 1. The van der Waals surface area contributed by atoms with E-state index in [0.717, 1.165) is 12.1 Å². The first-order chi connectivity index (χ1) is 13.4. The third kappa shape index (κ3) is 3.50. The van der Waals surface area contributed by atoms with Crippen molar-refractivity contribution < 1.29 is 27.6 Å². The number of amides is 1. The number of aliphatic hydroxyl groups is 1. The van der Waals surface area contributed by atoms with Gasteiger partial charge in [0.15, 0.2) is 23.1 Å². The molecule has 146 valence electrons. The number of aromatic nitrogens is 3. The maximum Gasteiger partial charge on any atom is 0.273 e. The molecule has 28 heavy (non-hydrogen) atoms. The number of benzene rings is 1. The summed E-state index contributed by atoms with van der Waals surface area (Å²) < 4.78 is 36.8. The molecule has 1 aromatic carbocycles. The Bertz CT molecular complexity index is 1010. The highest BCUT2D eigenvalue weighted by Crippen LogP contribution is 2.36. The molecule has 0 aliphatic heterocycles. The van der Waals surface area contributed by atoms with E-state index in [9.17, 15) is 18.7 Å². The lowest BCUT2D eigenvalue weighted by atomic mass is 9.80. The summed E-state index contributed by atoms with van der Waals surface area (Å²) in [6.07, 6.45) is 0.398. The quantitative estimate of drug-likeness (QED) is 0.688. The van der Waals surface area contributed by atoms with Crippen molar-refractivity contribution >= 4 is 5.91 Å². The average molecular weight is 390 g/mol. The molecule has 1 amide bonds. The van der Waals surface area contributed by atoms with E-state index in [0.29, 0.717) is 18.7 Å². The first kappa shape index (κ1) is 18.2. The van der Waals surface area contributed by atoms with Crippen LogP contribution in [0.5, 0.6) is 0 Å². The third-order valence-corrected chi connectivity index (χ3v) is 4.58. The highest BCUT2D eigenvalue weighted by atomic mass is 19.2. The molecule has 0 bridgehead atoms. The lowest BCUT2D eigenvalue weighted by molar-refractivity contribution is 0.0892. The van der Waals surface area contributed by atoms with Crippen LogP contribution in [0.4, 0.5) is 8.78 Å². The minimum atomic E-state index is -1.01. The van der Waals surface area contributed by atoms with Crippen LogP contribution in [0.15, 0.2) is 33.2 Å². The molecule has 0 saturated heterocycles. The zero-order chi connectivity index (χ0) is 19.8. The van der Waals surface area contributed by atoms with Crippen LogP contribution in [0.1, 0.15) is 54.1 Å². The number of nitrogens with zero attached hydrogens (tertiary/aromatic N) is 3. The van der Waals surface area contributed by atoms with E-state index < -0.39 is 23.6 Å². The minimum Gasteiger partial charge on any atom is -0.422 e. The van der Waals surface area contributed by atoms with E-state index in [2.05, 4.69) is 20.7 Å². The lowest BCUT2D eigenvalue weighted by Crippen LogP contribution is -2.43. The summed E-state index contributed by atoms with van der Waals surface area (Å²) in [5, 5.41) is 23.6. The fourth-order valence-electron chi connectivity index (χ4n) is 2.94. The molecule has 2 N–H and O–H groups in total. The Kier molecular flexibility index (Phi) is 4.63. The van der Waals surface area contributed by atoms with Gasteiger partial charge in [0, 0.05) is 23.6 Å². The number of halogens is 2. The number of nitrogens with one attached hydrogen (secondary N) is 1. The zero-order valence-electron chi connectivity index (χ0n) is 14.7. The van der Waals surface area contributed by atoms with Gasteiger partial charge < -0.3 is 19.4 Å². The monoisotopic (exact) mass is 390 g/mol. The number of aliphatic hydroxyl groups excluding tert-OH is 1. The van der Waals surface area contributed by atoms with E-state index in [4.69, 9.17) is 8.94 Å². The van der Waals surface area contributed by atoms with Gasteiger partial charge in [-0.2, -0.15) is 0 Å². The molecule has 0 unspecified atom stereocenters. The minimum absolute atomic E-state index is 0.0142. The summed E-state index contributed by atoms with van der Waals surface area (Å²) in [5.41, 5.74) is 0.317. The van der Waals surface area contributed by atoms with Crippen molar-refractivity contribution in [1.29, 1.82) is 0 Å². The average Bonchev–Trinajstić information content (AvgIpc) is 3.29. The molecule has 1 atom stereocenters. The van der Waals surface area contributed by atoms with Crippen LogP contribution in [-0.4, -0.2) is 32.4 Å². The maximum absolute atomic E-state index is 13.3. The van der Waals surface area contributed by atoms with Gasteiger partial charge in [-0.1, -0.05) is 5.16 Å². The Labute approximate surface area is 157 Å². The normalized spacial score (nSPS) is 19.9. The molecule has 0 radical (unpaired) electrons. The van der Waals surface area contributed by atoms with Gasteiger partial charge in [0.1, 0.15) is 6.10 Å². The Morgan fingerprint density at radius 1 is 1.25 bits per heavy atom. The number of hydrogen-bond donors (Lipinski definition) is 2. The Balaban J connectivity index is 1.35. The molecule has 4 rings (SSSR count). The lowest BCUT2D eigenvalue weighted by Gasteiger charge is -2.33. The Morgan fingerprint density at radius 3 is 2.71 bits per heavy atom. The molecule has 2 aromatic heterocycles. The van der Waals surface area contributed by atoms with Gasteiger partial charge in [-0.05, 0) is 38.0 Å². The van der Waals surface area contributed by atoms with Crippen molar-refractivity contribution in [2.45, 2.75) is 37.8 Å². The zero-order valence-corrected chi connectivity index (χ0v) is 14.7. The summed E-state index contributed by atoms with van der Waals surface area (Å²) in [6, 6.07) is 4.55. The van der Waals surface area contributed by atoms with E-state index in [1.54, 1.807) is 0 Å². The van der Waals surface area contributed by atoms with Crippen LogP contribution in [-0.2, 0) is 0 Å². The molecule has 2 heterocycles. The molecule has 1 aliphatic carbocycles. The molecule has 10 heteroatoms. The van der Waals surface area contributed by atoms with Gasteiger partial charge in [0.25, 0.3) is 5.91 Å². The van der Waals surface area contributed by atoms with Gasteiger partial charge in [0.05, 0.1) is 0 Å². The van der Waals surface area contributed by atoms with Crippen LogP contribution in [0.3, 0.4) is 0 Å². The van der Waals surface area contributed by atoms with Crippen molar-refractivity contribution in [1.82, 2.24) is 20.7 Å². The summed E-state index contributed by atoms with van der Waals surface area (Å²) in [6.45, 7) is 1.54. The summed E-state index contributed by atoms with van der Waals surface area (Å²) in [4.78, 5) is 12.3. The molecular formula is C18H16F2N4O4. The standard InChI is InChI=1S/C18H16F2N4O4/c1-8(25)17-22-23-18(27-17)10-4-11(5-10)21-16(26)14-7-15(28-24-14)9-2-3-12(19)13(20)6-9/h2-3,6-8,10-11,25H,4-5H2,1H3,(H,21,26)/t8-,10-,11+/m1/s1. The van der Waals surface area contributed by atoms with Crippen molar-refractivity contribution in [3.8, 4) is 11.3 Å². The highest BCUT2D eigenvalue weighted by Gasteiger charge is 2.36. The fraction of sp³-hybridized carbons (Fsp3) is 0.333. The van der Waals surface area contributed by atoms with Crippen LogP contribution >= 0.6 is 0 Å². The summed E-state index contributed by atoms with van der Waals surface area (Å²) in [7, 11) is 0. The van der Waals surface area contributed by atoms with E-state index in [1.165, 1.54) is 19.1 Å². The van der Waals surface area contributed by atoms with E-state index >= 15 is 0 Å². The first-order valence-electron chi connectivity index (χ1n) is 8.65. The van der Waals surface area contributed by atoms with Crippen LogP contribution in [0, 0.1) is 11.6 Å². The van der Waals surface area contributed by atoms with Crippen LogP contribution < -0.4 is 5.32 Å². The van der Waals surface area contributed by atoms with Gasteiger partial charge in [-0.3, -0.25) is 4.79 Å². The topological polar surface area (TPSA) is 114 Å².